The van der Waals surface area contributed by atoms with E-state index in [-0.39, 0.29) is 27.2 Å². The molecule has 0 fully saturated rings. The van der Waals surface area contributed by atoms with E-state index in [2.05, 4.69) is 10.1 Å². The second kappa shape index (κ2) is 9.48. The van der Waals surface area contributed by atoms with Crippen molar-refractivity contribution >= 4 is 46.7 Å². The van der Waals surface area contributed by atoms with Crippen molar-refractivity contribution in [3.63, 3.8) is 0 Å². The standard InChI is InChI=1S/C16H20Cl2N2O5/c1-4-8(2)14(16(23)24-3)20-12(21)7-25-15(22)10-5-9(17)6-11(18)13(10)19/h5-6,8,14H,4,7,19H2,1-3H3,(H,20,21). The van der Waals surface area contributed by atoms with Crippen molar-refractivity contribution < 1.29 is 23.9 Å². The number of nitrogens with one attached hydrogen (secondary N) is 1. The maximum atomic E-state index is 12.0. The van der Waals surface area contributed by atoms with Crippen LogP contribution in [0.25, 0.3) is 0 Å². The van der Waals surface area contributed by atoms with Gasteiger partial charge in [-0.05, 0) is 18.1 Å². The summed E-state index contributed by atoms with van der Waals surface area (Å²) in [6.45, 7) is 3.08. The van der Waals surface area contributed by atoms with Gasteiger partial charge in [0.15, 0.2) is 6.61 Å². The zero-order valence-electron chi connectivity index (χ0n) is 14.1. The lowest BCUT2D eigenvalue weighted by atomic mass is 9.99. The molecule has 0 aliphatic carbocycles. The Bertz CT molecular complexity index is 666. The van der Waals surface area contributed by atoms with Gasteiger partial charge in [0, 0.05) is 5.02 Å². The molecule has 0 bridgehead atoms. The van der Waals surface area contributed by atoms with Gasteiger partial charge in [-0.25, -0.2) is 9.59 Å². The summed E-state index contributed by atoms with van der Waals surface area (Å²) in [5, 5.41) is 2.80. The topological polar surface area (TPSA) is 108 Å². The molecule has 3 N–H and O–H groups in total. The maximum Gasteiger partial charge on any atom is 0.340 e. The number of nitrogen functional groups attached to an aromatic ring is 1. The number of hydrogen-bond acceptors (Lipinski definition) is 6. The van der Waals surface area contributed by atoms with Crippen LogP contribution in [0.4, 0.5) is 5.69 Å². The molecule has 7 nitrogen and oxygen atoms in total. The van der Waals surface area contributed by atoms with Gasteiger partial charge in [-0.2, -0.15) is 0 Å². The predicted molar refractivity (Wildman–Crippen MR) is 94.6 cm³/mol. The van der Waals surface area contributed by atoms with Crippen molar-refractivity contribution in [2.75, 3.05) is 19.5 Å². The summed E-state index contributed by atoms with van der Waals surface area (Å²) >= 11 is 11.7. The minimum Gasteiger partial charge on any atom is -0.467 e. The summed E-state index contributed by atoms with van der Waals surface area (Å²) in [5.74, 6) is -2.21. The molecule has 2 unspecified atom stereocenters. The van der Waals surface area contributed by atoms with Gasteiger partial charge in [0.1, 0.15) is 6.04 Å². The molecule has 1 aromatic rings. The van der Waals surface area contributed by atoms with Gasteiger partial charge in [0.25, 0.3) is 5.91 Å². The third-order valence-electron chi connectivity index (χ3n) is 3.63. The lowest BCUT2D eigenvalue weighted by molar-refractivity contribution is -0.147. The molecule has 1 amide bonds. The smallest absolute Gasteiger partial charge is 0.340 e. The first-order valence-electron chi connectivity index (χ1n) is 7.50. The molecule has 138 valence electrons. The molecule has 0 aromatic heterocycles. The second-order valence-electron chi connectivity index (χ2n) is 5.38. The van der Waals surface area contributed by atoms with E-state index >= 15 is 0 Å². The Labute approximate surface area is 155 Å². The summed E-state index contributed by atoms with van der Waals surface area (Å²) in [7, 11) is 1.23. The van der Waals surface area contributed by atoms with Crippen LogP contribution >= 0.6 is 23.2 Å². The Morgan fingerprint density at radius 2 is 1.92 bits per heavy atom. The first-order valence-corrected chi connectivity index (χ1v) is 8.25. The van der Waals surface area contributed by atoms with Crippen LogP contribution in [0.15, 0.2) is 12.1 Å². The number of hydrogen-bond donors (Lipinski definition) is 2. The Hall–Kier alpha value is -1.99. The highest BCUT2D eigenvalue weighted by molar-refractivity contribution is 6.37. The number of amides is 1. The molecule has 0 heterocycles. The third kappa shape index (κ3) is 5.79. The van der Waals surface area contributed by atoms with Crippen LogP contribution in [0.5, 0.6) is 0 Å². The number of benzene rings is 1. The van der Waals surface area contributed by atoms with E-state index in [9.17, 15) is 14.4 Å². The van der Waals surface area contributed by atoms with Crippen LogP contribution in [0, 0.1) is 5.92 Å². The summed E-state index contributed by atoms with van der Waals surface area (Å²) in [5.41, 5.74) is 5.66. The van der Waals surface area contributed by atoms with E-state index in [1.807, 2.05) is 6.92 Å². The van der Waals surface area contributed by atoms with E-state index in [1.54, 1.807) is 6.92 Å². The van der Waals surface area contributed by atoms with Crippen molar-refractivity contribution in [2.45, 2.75) is 26.3 Å². The summed E-state index contributed by atoms with van der Waals surface area (Å²) in [6.07, 6.45) is 0.650. The minimum absolute atomic E-state index is 0.00326. The predicted octanol–water partition coefficient (Wildman–Crippen LogP) is 2.44. The first kappa shape index (κ1) is 21.1. The average molecular weight is 391 g/mol. The fourth-order valence-electron chi connectivity index (χ4n) is 1.97. The van der Waals surface area contributed by atoms with Crippen LogP contribution in [0.3, 0.4) is 0 Å². The number of halogens is 2. The van der Waals surface area contributed by atoms with Gasteiger partial charge in [-0.1, -0.05) is 43.5 Å². The number of carbonyl (C=O) groups excluding carboxylic acids is 3. The molecule has 0 radical (unpaired) electrons. The number of esters is 2. The lowest BCUT2D eigenvalue weighted by Gasteiger charge is -2.21. The number of nitrogens with two attached hydrogens (primary N) is 1. The van der Waals surface area contributed by atoms with E-state index in [1.165, 1.54) is 19.2 Å². The van der Waals surface area contributed by atoms with Crippen LogP contribution < -0.4 is 11.1 Å². The van der Waals surface area contributed by atoms with Crippen LogP contribution in [-0.2, 0) is 19.1 Å². The van der Waals surface area contributed by atoms with Gasteiger partial charge >= 0.3 is 11.9 Å². The number of carbonyl (C=O) groups is 3. The lowest BCUT2D eigenvalue weighted by Crippen LogP contribution is -2.47. The molecule has 25 heavy (non-hydrogen) atoms. The number of ether oxygens (including phenoxy) is 2. The van der Waals surface area contributed by atoms with E-state index in [4.69, 9.17) is 33.7 Å². The molecule has 0 spiro atoms. The van der Waals surface area contributed by atoms with E-state index in [0.717, 1.165) is 0 Å². The minimum atomic E-state index is -0.852. The first-order chi connectivity index (χ1) is 11.7. The Kier molecular flexibility index (Phi) is 7.99. The average Bonchev–Trinajstić information content (AvgIpc) is 2.59. The highest BCUT2D eigenvalue weighted by Crippen LogP contribution is 2.28. The Balaban J connectivity index is 2.72. The molecule has 2 atom stereocenters. The number of methoxy groups -OCH3 is 1. The zero-order chi connectivity index (χ0) is 19.1. The van der Waals surface area contributed by atoms with Gasteiger partial charge in [-0.3, -0.25) is 4.79 Å². The zero-order valence-corrected chi connectivity index (χ0v) is 15.6. The van der Waals surface area contributed by atoms with Crippen molar-refractivity contribution in [2.24, 2.45) is 5.92 Å². The fourth-order valence-corrected chi connectivity index (χ4v) is 2.47. The molecule has 0 saturated carbocycles. The van der Waals surface area contributed by atoms with Gasteiger partial charge < -0.3 is 20.5 Å². The Morgan fingerprint density at radius 1 is 1.28 bits per heavy atom. The molecular formula is C16H20Cl2N2O5. The highest BCUT2D eigenvalue weighted by atomic mass is 35.5. The largest absolute Gasteiger partial charge is 0.467 e. The number of rotatable bonds is 7. The van der Waals surface area contributed by atoms with Crippen LogP contribution in [0.1, 0.15) is 30.6 Å². The molecule has 0 saturated heterocycles. The van der Waals surface area contributed by atoms with Crippen molar-refractivity contribution in [3.05, 3.63) is 27.7 Å². The summed E-state index contributed by atoms with van der Waals surface area (Å²) in [4.78, 5) is 35.8. The monoisotopic (exact) mass is 390 g/mol. The summed E-state index contributed by atoms with van der Waals surface area (Å²) < 4.78 is 9.57. The van der Waals surface area contributed by atoms with Crippen molar-refractivity contribution in [1.82, 2.24) is 5.32 Å². The Morgan fingerprint density at radius 3 is 2.48 bits per heavy atom. The van der Waals surface area contributed by atoms with Gasteiger partial charge in [-0.15, -0.1) is 0 Å². The quantitative estimate of drug-likeness (QED) is 0.546. The van der Waals surface area contributed by atoms with Gasteiger partial charge in [0.2, 0.25) is 0 Å². The SMILES string of the molecule is CCC(C)C(NC(=O)COC(=O)c1cc(Cl)cc(Cl)c1N)C(=O)OC. The number of anilines is 1. The molecule has 1 aromatic carbocycles. The molecule has 0 aliphatic heterocycles. The normalized spacial score (nSPS) is 12.8. The van der Waals surface area contributed by atoms with Gasteiger partial charge in [0.05, 0.1) is 23.4 Å². The third-order valence-corrected chi connectivity index (χ3v) is 4.16. The molecular weight excluding hydrogens is 371 g/mol. The molecule has 0 aliphatic rings. The molecule has 1 rings (SSSR count). The van der Waals surface area contributed by atoms with E-state index < -0.39 is 30.5 Å². The van der Waals surface area contributed by atoms with E-state index in [0.29, 0.717) is 6.42 Å². The van der Waals surface area contributed by atoms with Crippen molar-refractivity contribution in [3.8, 4) is 0 Å². The second-order valence-corrected chi connectivity index (χ2v) is 6.22. The highest BCUT2D eigenvalue weighted by Gasteiger charge is 2.27. The molecule has 9 heteroatoms. The van der Waals surface area contributed by atoms with Crippen LogP contribution in [0.2, 0.25) is 10.0 Å². The van der Waals surface area contributed by atoms with Crippen molar-refractivity contribution in [1.29, 1.82) is 0 Å². The maximum absolute atomic E-state index is 12.0. The fraction of sp³-hybridized carbons (Fsp3) is 0.438. The van der Waals surface area contributed by atoms with Crippen LogP contribution in [-0.4, -0.2) is 37.6 Å². The summed E-state index contributed by atoms with van der Waals surface area (Å²) in [6, 6.07) is 1.85.